The summed E-state index contributed by atoms with van der Waals surface area (Å²) in [5.74, 6) is 0.518. The molecule has 0 spiro atoms. The van der Waals surface area contributed by atoms with E-state index < -0.39 is 12.0 Å². The Bertz CT molecular complexity index is 1680. The molecule has 0 amide bonds. The number of rotatable bonds is 5. The van der Waals surface area contributed by atoms with Gasteiger partial charge in [0.15, 0.2) is 4.80 Å². The lowest BCUT2D eigenvalue weighted by molar-refractivity contribution is -0.139. The van der Waals surface area contributed by atoms with E-state index >= 15 is 0 Å². The van der Waals surface area contributed by atoms with Gasteiger partial charge in [0.25, 0.3) is 5.56 Å². The summed E-state index contributed by atoms with van der Waals surface area (Å²) in [6.45, 7) is 3.72. The van der Waals surface area contributed by atoms with Crippen molar-refractivity contribution in [3.05, 3.63) is 113 Å². The molecule has 0 unspecified atom stereocenters. The van der Waals surface area contributed by atoms with Gasteiger partial charge in [0, 0.05) is 11.6 Å². The molecule has 0 fully saturated rings. The number of fused-ring (bicyclic) bond motifs is 1. The predicted molar refractivity (Wildman–Crippen MR) is 141 cm³/mol. The van der Waals surface area contributed by atoms with Crippen molar-refractivity contribution in [3.8, 4) is 11.3 Å². The summed E-state index contributed by atoms with van der Waals surface area (Å²) in [7, 11) is 0. The van der Waals surface area contributed by atoms with Crippen LogP contribution in [0.1, 0.15) is 31.2 Å². The molecule has 4 aromatic rings. The minimum absolute atomic E-state index is 0.221. The molecule has 3 heterocycles. The van der Waals surface area contributed by atoms with E-state index in [4.69, 9.17) is 32.4 Å². The molecule has 2 aromatic carbocycles. The molecule has 0 saturated carbocycles. The SMILES string of the molecule is CCOC(=O)C1=C(C)N=c2s/c(=C\c3ccc(-c4cccc(Cl)c4Cl)o3)c(=O)n2[C@@H]1c1ccccc1. The van der Waals surface area contributed by atoms with Crippen LogP contribution in [0, 0.1) is 0 Å². The summed E-state index contributed by atoms with van der Waals surface area (Å²) >= 11 is 13.7. The van der Waals surface area contributed by atoms with Crippen molar-refractivity contribution in [2.24, 2.45) is 4.99 Å². The Kier molecular flexibility index (Phi) is 6.71. The Hall–Kier alpha value is -3.39. The standard InChI is InChI=1S/C27H20Cl2N2O4S/c1-3-34-26(33)22-15(2)30-27-31(24(22)16-8-5-4-6-9-16)25(32)21(36-27)14-17-12-13-20(35-17)18-10-7-11-19(28)23(18)29/h4-14,24H,3H2,1-2H3/b21-14-/t24-/m1/s1. The summed E-state index contributed by atoms with van der Waals surface area (Å²) in [5, 5.41) is 0.818. The molecular weight excluding hydrogens is 519 g/mol. The lowest BCUT2D eigenvalue weighted by atomic mass is 9.96. The molecule has 2 aromatic heterocycles. The van der Waals surface area contributed by atoms with Gasteiger partial charge in [-0.15, -0.1) is 0 Å². The zero-order valence-electron chi connectivity index (χ0n) is 19.3. The number of hydrogen-bond acceptors (Lipinski definition) is 6. The molecule has 0 radical (unpaired) electrons. The van der Waals surface area contributed by atoms with Gasteiger partial charge in [0.05, 0.1) is 38.5 Å². The van der Waals surface area contributed by atoms with Crippen molar-refractivity contribution in [3.63, 3.8) is 0 Å². The van der Waals surface area contributed by atoms with Crippen molar-refractivity contribution in [1.29, 1.82) is 0 Å². The molecule has 36 heavy (non-hydrogen) atoms. The predicted octanol–water partition coefficient (Wildman–Crippen LogP) is 5.37. The van der Waals surface area contributed by atoms with Crippen LogP contribution in [0.4, 0.5) is 0 Å². The third-order valence-electron chi connectivity index (χ3n) is 5.75. The normalized spacial score (nSPS) is 15.6. The van der Waals surface area contributed by atoms with Crippen LogP contribution in [0.15, 0.2) is 86.1 Å². The van der Waals surface area contributed by atoms with Gasteiger partial charge in [0.2, 0.25) is 0 Å². The Morgan fingerprint density at radius 1 is 1.14 bits per heavy atom. The molecule has 1 aliphatic heterocycles. The molecular formula is C27H20Cl2N2O4S. The molecule has 1 atom stereocenters. The number of hydrogen-bond donors (Lipinski definition) is 0. The smallest absolute Gasteiger partial charge is 0.338 e. The minimum atomic E-state index is -0.652. The number of aromatic nitrogens is 1. The minimum Gasteiger partial charge on any atom is -0.463 e. The number of benzene rings is 2. The van der Waals surface area contributed by atoms with Gasteiger partial charge in [0.1, 0.15) is 11.5 Å². The maximum Gasteiger partial charge on any atom is 0.338 e. The average Bonchev–Trinajstić information content (AvgIpc) is 3.45. The topological polar surface area (TPSA) is 73.8 Å². The third-order valence-corrected chi connectivity index (χ3v) is 7.55. The van der Waals surface area contributed by atoms with Crippen molar-refractivity contribution in [2.45, 2.75) is 19.9 Å². The fourth-order valence-electron chi connectivity index (χ4n) is 4.14. The van der Waals surface area contributed by atoms with Crippen LogP contribution < -0.4 is 14.9 Å². The second-order valence-electron chi connectivity index (χ2n) is 8.02. The number of thiazole rings is 1. The second-order valence-corrected chi connectivity index (χ2v) is 9.81. The Labute approximate surface area is 220 Å². The fraction of sp³-hybridized carbons (Fsp3) is 0.148. The first kappa shape index (κ1) is 24.3. The molecule has 0 bridgehead atoms. The highest BCUT2D eigenvalue weighted by molar-refractivity contribution is 7.07. The largest absolute Gasteiger partial charge is 0.463 e. The van der Waals surface area contributed by atoms with Gasteiger partial charge in [-0.05, 0) is 43.7 Å². The van der Waals surface area contributed by atoms with E-state index in [9.17, 15) is 9.59 Å². The highest BCUT2D eigenvalue weighted by Crippen LogP contribution is 2.34. The number of carbonyl (C=O) groups is 1. The van der Waals surface area contributed by atoms with Crippen molar-refractivity contribution in [2.75, 3.05) is 6.61 Å². The van der Waals surface area contributed by atoms with Crippen LogP contribution in [0.3, 0.4) is 0 Å². The molecule has 182 valence electrons. The van der Waals surface area contributed by atoms with E-state index in [1.807, 2.05) is 36.4 Å². The van der Waals surface area contributed by atoms with Crippen LogP contribution in [0.5, 0.6) is 0 Å². The number of allylic oxidation sites excluding steroid dienone is 1. The number of carbonyl (C=O) groups excluding carboxylic acids is 1. The van der Waals surface area contributed by atoms with E-state index in [1.54, 1.807) is 48.8 Å². The summed E-state index contributed by atoms with van der Waals surface area (Å²) in [5.41, 5.74) is 2.03. The van der Waals surface area contributed by atoms with Gasteiger partial charge in [-0.3, -0.25) is 9.36 Å². The first-order chi connectivity index (χ1) is 17.4. The van der Waals surface area contributed by atoms with E-state index in [0.717, 1.165) is 5.56 Å². The number of esters is 1. The number of nitrogens with zero attached hydrogens (tertiary/aromatic N) is 2. The zero-order chi connectivity index (χ0) is 25.4. The zero-order valence-corrected chi connectivity index (χ0v) is 21.7. The monoisotopic (exact) mass is 538 g/mol. The first-order valence-electron chi connectivity index (χ1n) is 11.2. The van der Waals surface area contributed by atoms with Crippen molar-refractivity contribution >= 4 is 46.6 Å². The molecule has 1 aliphatic rings. The van der Waals surface area contributed by atoms with Crippen LogP contribution >= 0.6 is 34.5 Å². The lowest BCUT2D eigenvalue weighted by Gasteiger charge is -2.24. The van der Waals surface area contributed by atoms with E-state index in [2.05, 4.69) is 4.99 Å². The molecule has 5 rings (SSSR count). The Balaban J connectivity index is 1.64. The van der Waals surface area contributed by atoms with E-state index in [1.165, 1.54) is 11.3 Å². The molecule has 6 nitrogen and oxygen atoms in total. The van der Waals surface area contributed by atoms with Crippen LogP contribution in [0.2, 0.25) is 10.0 Å². The van der Waals surface area contributed by atoms with Crippen LogP contribution in [-0.2, 0) is 9.53 Å². The van der Waals surface area contributed by atoms with Gasteiger partial charge in [-0.2, -0.15) is 0 Å². The summed E-state index contributed by atoms with van der Waals surface area (Å²) in [4.78, 5) is 31.6. The molecule has 0 saturated heterocycles. The highest BCUT2D eigenvalue weighted by Gasteiger charge is 2.33. The summed E-state index contributed by atoms with van der Waals surface area (Å²) < 4.78 is 13.2. The molecule has 9 heteroatoms. The van der Waals surface area contributed by atoms with Gasteiger partial charge >= 0.3 is 5.97 Å². The van der Waals surface area contributed by atoms with E-state index in [-0.39, 0.29) is 12.2 Å². The highest BCUT2D eigenvalue weighted by atomic mass is 35.5. The Morgan fingerprint density at radius 3 is 2.67 bits per heavy atom. The quantitative estimate of drug-likeness (QED) is 0.320. The van der Waals surface area contributed by atoms with Gasteiger partial charge < -0.3 is 9.15 Å². The third kappa shape index (κ3) is 4.34. The van der Waals surface area contributed by atoms with Crippen molar-refractivity contribution in [1.82, 2.24) is 4.57 Å². The summed E-state index contributed by atoms with van der Waals surface area (Å²) in [6, 6.07) is 17.6. The summed E-state index contributed by atoms with van der Waals surface area (Å²) in [6.07, 6.45) is 1.66. The lowest BCUT2D eigenvalue weighted by Crippen LogP contribution is -2.39. The average molecular weight is 539 g/mol. The number of furan rings is 1. The second kappa shape index (κ2) is 9.93. The maximum atomic E-state index is 13.6. The fourth-order valence-corrected chi connectivity index (χ4v) is 5.56. The van der Waals surface area contributed by atoms with Gasteiger partial charge in [-0.1, -0.05) is 70.9 Å². The molecule has 0 N–H and O–H groups in total. The van der Waals surface area contributed by atoms with Gasteiger partial charge in [-0.25, -0.2) is 9.79 Å². The van der Waals surface area contributed by atoms with Crippen LogP contribution in [0.25, 0.3) is 17.4 Å². The van der Waals surface area contributed by atoms with Crippen LogP contribution in [-0.4, -0.2) is 17.1 Å². The Morgan fingerprint density at radius 2 is 1.92 bits per heavy atom. The maximum absolute atomic E-state index is 13.6. The van der Waals surface area contributed by atoms with E-state index in [0.29, 0.717) is 47.7 Å². The molecule has 0 aliphatic carbocycles. The number of halogens is 2. The first-order valence-corrected chi connectivity index (χ1v) is 12.7. The number of ether oxygens (including phenoxy) is 1. The van der Waals surface area contributed by atoms with Crippen molar-refractivity contribution < 1.29 is 13.9 Å².